The predicted molar refractivity (Wildman–Crippen MR) is 110 cm³/mol. The van der Waals surface area contributed by atoms with Crippen molar-refractivity contribution in [3.63, 3.8) is 0 Å². The molecule has 1 aromatic heterocycles. The van der Waals surface area contributed by atoms with Gasteiger partial charge in [0, 0.05) is 13.0 Å². The summed E-state index contributed by atoms with van der Waals surface area (Å²) >= 11 is 0. The summed E-state index contributed by atoms with van der Waals surface area (Å²) in [6.07, 6.45) is 5.02. The SMILES string of the molecule is COc1cc(CCC(=O)NC[C@H](c2ccco2)N2CCCC2)cc(OC)c1OC. The van der Waals surface area contributed by atoms with E-state index in [-0.39, 0.29) is 11.9 Å². The Kier molecular flexibility index (Phi) is 7.41. The number of furan rings is 1. The number of nitrogens with one attached hydrogen (secondary N) is 1. The highest BCUT2D eigenvalue weighted by molar-refractivity contribution is 5.76. The molecule has 1 aromatic carbocycles. The number of ether oxygens (including phenoxy) is 3. The fourth-order valence-electron chi connectivity index (χ4n) is 3.78. The summed E-state index contributed by atoms with van der Waals surface area (Å²) in [5, 5.41) is 3.07. The third-order valence-corrected chi connectivity index (χ3v) is 5.31. The summed E-state index contributed by atoms with van der Waals surface area (Å²) in [5.41, 5.74) is 0.955. The van der Waals surface area contributed by atoms with E-state index in [4.69, 9.17) is 18.6 Å². The van der Waals surface area contributed by atoms with E-state index < -0.39 is 0 Å². The molecule has 0 unspecified atom stereocenters. The number of amides is 1. The van der Waals surface area contributed by atoms with Crippen molar-refractivity contribution in [2.24, 2.45) is 0 Å². The molecule has 0 bridgehead atoms. The summed E-state index contributed by atoms with van der Waals surface area (Å²) in [7, 11) is 4.74. The Morgan fingerprint density at radius 3 is 2.38 bits per heavy atom. The van der Waals surface area contributed by atoms with Crippen LogP contribution in [0.4, 0.5) is 0 Å². The van der Waals surface area contributed by atoms with Gasteiger partial charge in [-0.25, -0.2) is 0 Å². The molecule has 158 valence electrons. The predicted octanol–water partition coefficient (Wildman–Crippen LogP) is 3.19. The lowest BCUT2D eigenvalue weighted by molar-refractivity contribution is -0.121. The van der Waals surface area contributed by atoms with Crippen LogP contribution in [-0.2, 0) is 11.2 Å². The average molecular weight is 402 g/mol. The highest BCUT2D eigenvalue weighted by Crippen LogP contribution is 2.38. The number of benzene rings is 1. The standard InChI is InChI=1S/C22H30N2O5/c1-26-19-13-16(14-20(27-2)22(19)28-3)8-9-21(25)23-15-17(18-7-6-12-29-18)24-10-4-5-11-24/h6-7,12-14,17H,4-5,8-11,15H2,1-3H3,(H,23,25)/t17-/m1/s1. The first-order valence-electron chi connectivity index (χ1n) is 9.99. The third-order valence-electron chi connectivity index (χ3n) is 5.31. The fraction of sp³-hybridized carbons (Fsp3) is 0.500. The van der Waals surface area contributed by atoms with Crippen molar-refractivity contribution in [3.05, 3.63) is 41.9 Å². The second-order valence-corrected chi connectivity index (χ2v) is 7.11. The summed E-state index contributed by atoms with van der Waals surface area (Å²) in [5.74, 6) is 2.64. The molecule has 0 aliphatic carbocycles. The van der Waals surface area contributed by atoms with Gasteiger partial charge in [-0.15, -0.1) is 0 Å². The van der Waals surface area contributed by atoms with Crippen LogP contribution in [-0.4, -0.2) is 51.8 Å². The van der Waals surface area contributed by atoms with Crippen molar-refractivity contribution < 1.29 is 23.4 Å². The summed E-state index contributed by atoms with van der Waals surface area (Å²) in [6.45, 7) is 2.61. The quantitative estimate of drug-likeness (QED) is 0.658. The monoisotopic (exact) mass is 402 g/mol. The Morgan fingerprint density at radius 1 is 1.14 bits per heavy atom. The van der Waals surface area contributed by atoms with Crippen LogP contribution < -0.4 is 19.5 Å². The molecular weight excluding hydrogens is 372 g/mol. The zero-order valence-corrected chi connectivity index (χ0v) is 17.4. The number of rotatable bonds is 10. The van der Waals surface area contributed by atoms with Crippen molar-refractivity contribution in [1.29, 1.82) is 0 Å². The molecule has 1 fully saturated rings. The van der Waals surface area contributed by atoms with E-state index in [2.05, 4.69) is 10.2 Å². The van der Waals surface area contributed by atoms with Gasteiger partial charge in [-0.1, -0.05) is 0 Å². The number of likely N-dealkylation sites (tertiary alicyclic amines) is 1. The molecule has 2 aromatic rings. The number of hydrogen-bond acceptors (Lipinski definition) is 6. The molecule has 29 heavy (non-hydrogen) atoms. The van der Waals surface area contributed by atoms with Crippen LogP contribution in [0, 0.1) is 0 Å². The van der Waals surface area contributed by atoms with Crippen molar-refractivity contribution in [2.45, 2.75) is 31.7 Å². The first kappa shape index (κ1) is 21.0. The molecule has 3 rings (SSSR count). The molecule has 1 aliphatic rings. The Bertz CT molecular complexity index is 760. The molecule has 7 nitrogen and oxygen atoms in total. The average Bonchev–Trinajstić information content (AvgIpc) is 3.46. The Morgan fingerprint density at radius 2 is 1.83 bits per heavy atom. The lowest BCUT2D eigenvalue weighted by Gasteiger charge is -2.26. The second-order valence-electron chi connectivity index (χ2n) is 7.11. The van der Waals surface area contributed by atoms with Crippen LogP contribution in [0.25, 0.3) is 0 Å². The van der Waals surface area contributed by atoms with Crippen LogP contribution in [0.2, 0.25) is 0 Å². The van der Waals surface area contributed by atoms with Gasteiger partial charge in [-0.2, -0.15) is 0 Å². The van der Waals surface area contributed by atoms with Crippen molar-refractivity contribution in [3.8, 4) is 17.2 Å². The molecule has 0 saturated carbocycles. The van der Waals surface area contributed by atoms with Gasteiger partial charge in [-0.3, -0.25) is 9.69 Å². The zero-order valence-electron chi connectivity index (χ0n) is 17.4. The first-order valence-corrected chi connectivity index (χ1v) is 9.99. The summed E-state index contributed by atoms with van der Waals surface area (Å²) in [4.78, 5) is 14.9. The largest absolute Gasteiger partial charge is 0.493 e. The molecule has 1 aliphatic heterocycles. The van der Waals surface area contributed by atoms with E-state index in [1.165, 1.54) is 12.8 Å². The summed E-state index contributed by atoms with van der Waals surface area (Å²) < 4.78 is 21.7. The molecule has 0 spiro atoms. The molecule has 7 heteroatoms. The van der Waals surface area contributed by atoms with Crippen LogP contribution in [0.1, 0.15) is 36.6 Å². The number of hydrogen-bond donors (Lipinski definition) is 1. The van der Waals surface area contributed by atoms with E-state index in [9.17, 15) is 4.79 Å². The maximum Gasteiger partial charge on any atom is 0.220 e. The van der Waals surface area contributed by atoms with Crippen molar-refractivity contribution >= 4 is 5.91 Å². The van der Waals surface area contributed by atoms with E-state index in [0.29, 0.717) is 36.6 Å². The van der Waals surface area contributed by atoms with Gasteiger partial charge in [-0.05, 0) is 62.2 Å². The van der Waals surface area contributed by atoms with Crippen molar-refractivity contribution in [1.82, 2.24) is 10.2 Å². The van der Waals surface area contributed by atoms with Gasteiger partial charge in [0.15, 0.2) is 11.5 Å². The maximum absolute atomic E-state index is 12.5. The fourth-order valence-corrected chi connectivity index (χ4v) is 3.78. The highest BCUT2D eigenvalue weighted by atomic mass is 16.5. The molecule has 0 radical (unpaired) electrons. The van der Waals surface area contributed by atoms with Crippen molar-refractivity contribution in [2.75, 3.05) is 41.0 Å². The third kappa shape index (κ3) is 5.23. The van der Waals surface area contributed by atoms with Gasteiger partial charge < -0.3 is 23.9 Å². The maximum atomic E-state index is 12.5. The van der Waals surface area contributed by atoms with Crippen LogP contribution in [0.3, 0.4) is 0 Å². The van der Waals surface area contributed by atoms with Gasteiger partial charge in [0.2, 0.25) is 11.7 Å². The van der Waals surface area contributed by atoms with E-state index >= 15 is 0 Å². The molecule has 1 N–H and O–H groups in total. The molecule has 1 amide bonds. The number of carbonyl (C=O) groups excluding carboxylic acids is 1. The Balaban J connectivity index is 1.58. The van der Waals surface area contributed by atoms with E-state index in [1.54, 1.807) is 27.6 Å². The Hall–Kier alpha value is -2.67. The summed E-state index contributed by atoms with van der Waals surface area (Å²) in [6, 6.07) is 7.71. The number of methoxy groups -OCH3 is 3. The zero-order chi connectivity index (χ0) is 20.6. The second kappa shape index (κ2) is 10.2. The van der Waals surface area contributed by atoms with Gasteiger partial charge >= 0.3 is 0 Å². The van der Waals surface area contributed by atoms with Crippen LogP contribution in [0.5, 0.6) is 17.2 Å². The minimum Gasteiger partial charge on any atom is -0.493 e. The molecule has 1 saturated heterocycles. The van der Waals surface area contributed by atoms with Crippen LogP contribution in [0.15, 0.2) is 34.9 Å². The van der Waals surface area contributed by atoms with Gasteiger partial charge in [0.25, 0.3) is 0 Å². The molecule has 1 atom stereocenters. The lowest BCUT2D eigenvalue weighted by atomic mass is 10.1. The number of carbonyl (C=O) groups is 1. The highest BCUT2D eigenvalue weighted by Gasteiger charge is 2.25. The first-order chi connectivity index (χ1) is 14.2. The number of aryl methyl sites for hydroxylation is 1. The van der Waals surface area contributed by atoms with E-state index in [0.717, 1.165) is 24.4 Å². The normalized spacial score (nSPS) is 15.1. The minimum atomic E-state index is 0.00880. The van der Waals surface area contributed by atoms with Gasteiger partial charge in [0.05, 0.1) is 33.6 Å². The number of nitrogens with zero attached hydrogens (tertiary/aromatic N) is 1. The van der Waals surface area contributed by atoms with Gasteiger partial charge in [0.1, 0.15) is 5.76 Å². The topological polar surface area (TPSA) is 73.2 Å². The minimum absolute atomic E-state index is 0.00880. The molecular formula is C22H30N2O5. The smallest absolute Gasteiger partial charge is 0.220 e. The van der Waals surface area contributed by atoms with Crippen LogP contribution >= 0.6 is 0 Å². The molecule has 2 heterocycles. The lowest BCUT2D eigenvalue weighted by Crippen LogP contribution is -2.36. The van der Waals surface area contributed by atoms with E-state index in [1.807, 2.05) is 24.3 Å². The Labute approximate surface area is 171 Å².